The lowest BCUT2D eigenvalue weighted by atomic mass is 10.0. The number of hydrogen-bond donors (Lipinski definition) is 0. The van der Waals surface area contributed by atoms with Gasteiger partial charge in [-0.15, -0.1) is 0 Å². The second kappa shape index (κ2) is 34.3. The van der Waals surface area contributed by atoms with Crippen molar-refractivity contribution >= 4 is 132 Å². The van der Waals surface area contributed by atoms with E-state index in [1.165, 1.54) is 182 Å². The lowest BCUT2D eigenvalue weighted by molar-refractivity contribution is 1.17. The molecular weight excluding hydrogens is 1650 g/mol. The average molecular weight is 1730 g/mol. The number of hydrogen-bond acceptors (Lipinski definition) is 2. The van der Waals surface area contributed by atoms with Crippen LogP contribution >= 0.6 is 0 Å². The van der Waals surface area contributed by atoms with Gasteiger partial charge < -0.3 is 28.1 Å². The smallest absolute Gasteiger partial charge is 0.0541 e. The summed E-state index contributed by atoms with van der Waals surface area (Å²) in [5.41, 5.74) is 37.5. The molecule has 6 heteroatoms. The first-order valence-electron chi connectivity index (χ1n) is 46.7. The highest BCUT2D eigenvalue weighted by atomic mass is 15.2. The Morgan fingerprint density at radius 3 is 0.596 bits per heavy atom. The molecule has 0 N–H and O–H groups in total. The van der Waals surface area contributed by atoms with Crippen LogP contribution in [0.3, 0.4) is 0 Å². The van der Waals surface area contributed by atoms with Gasteiger partial charge in [0.2, 0.25) is 0 Å². The van der Waals surface area contributed by atoms with Gasteiger partial charge >= 0.3 is 0 Å². The van der Waals surface area contributed by atoms with E-state index in [1.807, 2.05) is 0 Å². The second-order valence-corrected chi connectivity index (χ2v) is 35.1. The molecule has 0 aliphatic carbocycles. The minimum absolute atomic E-state index is 1.09. The highest BCUT2D eigenvalue weighted by molar-refractivity contribution is 6.16. The van der Waals surface area contributed by atoms with Crippen molar-refractivity contribution in [2.24, 2.45) is 0 Å². The Balaban J connectivity index is 0.000000145. The van der Waals surface area contributed by atoms with Crippen LogP contribution in [0.15, 0.2) is 534 Å². The summed E-state index contributed by atoms with van der Waals surface area (Å²) >= 11 is 0. The molecule has 26 aromatic rings. The quantitative estimate of drug-likeness (QED) is 0.0908. The molecule has 0 bridgehead atoms. The van der Waals surface area contributed by atoms with Crippen molar-refractivity contribution in [3.8, 4) is 101 Å². The molecule has 0 aliphatic rings. The summed E-state index contributed by atoms with van der Waals surface area (Å²) in [5, 5.41) is 12.4. The van der Waals surface area contributed by atoms with E-state index in [0.29, 0.717) is 0 Å². The summed E-state index contributed by atoms with van der Waals surface area (Å²) in [6, 6.07) is 194. The zero-order chi connectivity index (χ0) is 89.9. The summed E-state index contributed by atoms with van der Waals surface area (Å²) in [6.07, 6.45) is 0. The van der Waals surface area contributed by atoms with Gasteiger partial charge in [-0.1, -0.05) is 346 Å². The van der Waals surface area contributed by atoms with E-state index in [-0.39, 0.29) is 0 Å². The molecule has 0 amide bonds. The van der Waals surface area contributed by atoms with E-state index in [4.69, 9.17) is 0 Å². The van der Waals surface area contributed by atoms with Crippen LogP contribution in [0.1, 0.15) is 0 Å². The second-order valence-electron chi connectivity index (χ2n) is 35.1. The van der Waals surface area contributed by atoms with Crippen molar-refractivity contribution in [2.75, 3.05) is 9.80 Å². The Hall–Kier alpha value is -18.1. The van der Waals surface area contributed by atoms with Gasteiger partial charge in [0.25, 0.3) is 0 Å². The van der Waals surface area contributed by atoms with Crippen molar-refractivity contribution in [3.63, 3.8) is 0 Å². The molecule has 4 heterocycles. The Labute approximate surface area is 789 Å². The van der Waals surface area contributed by atoms with Crippen LogP contribution in [-0.4, -0.2) is 18.3 Å². The molecule has 0 fully saturated rings. The predicted octanol–water partition coefficient (Wildman–Crippen LogP) is 35.5. The van der Waals surface area contributed by atoms with Gasteiger partial charge in [0, 0.05) is 99.7 Å². The molecule has 0 radical (unpaired) electrons. The lowest BCUT2D eigenvalue weighted by Gasteiger charge is -2.26. The summed E-state index contributed by atoms with van der Waals surface area (Å²) in [7, 11) is 0. The third kappa shape index (κ3) is 14.5. The lowest BCUT2D eigenvalue weighted by Crippen LogP contribution is -2.10. The van der Waals surface area contributed by atoms with Crippen LogP contribution in [0.25, 0.3) is 199 Å². The molecule has 6 nitrogen and oxygen atoms in total. The molecule has 4 aromatic heterocycles. The van der Waals surface area contributed by atoms with E-state index in [9.17, 15) is 0 Å². The Morgan fingerprint density at radius 1 is 0.118 bits per heavy atom. The molecule has 0 aliphatic heterocycles. The Morgan fingerprint density at radius 2 is 0.309 bits per heavy atom. The van der Waals surface area contributed by atoms with E-state index >= 15 is 0 Å². The van der Waals surface area contributed by atoms with Gasteiger partial charge in [-0.25, -0.2) is 0 Å². The van der Waals surface area contributed by atoms with Gasteiger partial charge in [-0.3, -0.25) is 0 Å². The van der Waals surface area contributed by atoms with Crippen LogP contribution in [0.4, 0.5) is 34.1 Å². The predicted molar refractivity (Wildman–Crippen MR) is 575 cm³/mol. The van der Waals surface area contributed by atoms with Gasteiger partial charge in [-0.2, -0.15) is 0 Å². The summed E-state index contributed by atoms with van der Waals surface area (Å²) in [4.78, 5) is 4.70. The number of anilines is 6. The first-order chi connectivity index (χ1) is 67.4. The maximum atomic E-state index is 2.43. The minimum Gasteiger partial charge on any atom is -0.311 e. The van der Waals surface area contributed by atoms with Crippen molar-refractivity contribution in [2.45, 2.75) is 0 Å². The molecule has 22 aromatic carbocycles. The zero-order valence-corrected chi connectivity index (χ0v) is 74.5. The molecule has 0 atom stereocenters. The SMILES string of the molecule is c1ccc(-c2ccc(N(c3ccc(-c4ccccc4)cc3)c3ccc(-n4c5ccccc5c5cc(-c6ccc7c(c6)c6ccccc6n7-c6ccc(-c7ccccc7)cc6)ccc54)cc3)cc2)cc1.c1ccc(-c2ccc(N(c3ccc(-c4ccccc4)cc3)c3ccc(-n4c5ccccc5c5cc(-c6ccc7c(c6)c6ccccc6n7-c6cccc7ccccc67)ccc54)cc3)cc2)cc1. The highest BCUT2D eigenvalue weighted by Crippen LogP contribution is 2.46. The maximum Gasteiger partial charge on any atom is 0.0541 e. The van der Waals surface area contributed by atoms with Gasteiger partial charge in [0.05, 0.1) is 49.8 Å². The van der Waals surface area contributed by atoms with Gasteiger partial charge in [0.1, 0.15) is 0 Å². The fourth-order valence-electron chi connectivity index (χ4n) is 20.7. The molecular formula is C130H88N6. The summed E-state index contributed by atoms with van der Waals surface area (Å²) in [5.74, 6) is 0. The third-order valence-corrected chi connectivity index (χ3v) is 27.3. The van der Waals surface area contributed by atoms with Crippen molar-refractivity contribution in [1.82, 2.24) is 18.3 Å². The normalized spacial score (nSPS) is 11.5. The van der Waals surface area contributed by atoms with Crippen LogP contribution in [0.2, 0.25) is 0 Å². The molecule has 26 rings (SSSR count). The van der Waals surface area contributed by atoms with Gasteiger partial charge in [-0.05, 0) is 271 Å². The van der Waals surface area contributed by atoms with Gasteiger partial charge in [0.15, 0.2) is 0 Å². The number of rotatable bonds is 17. The van der Waals surface area contributed by atoms with Crippen LogP contribution in [-0.2, 0) is 0 Å². The monoisotopic (exact) mass is 1730 g/mol. The summed E-state index contributed by atoms with van der Waals surface area (Å²) < 4.78 is 9.65. The Kier molecular flexibility index (Phi) is 20.2. The third-order valence-electron chi connectivity index (χ3n) is 27.3. The van der Waals surface area contributed by atoms with E-state index in [1.54, 1.807) is 0 Å². The molecule has 0 spiro atoms. The van der Waals surface area contributed by atoms with Crippen molar-refractivity contribution in [3.05, 3.63) is 534 Å². The number of fused-ring (bicyclic) bond motifs is 13. The van der Waals surface area contributed by atoms with E-state index in [2.05, 4.69) is 562 Å². The number of para-hydroxylation sites is 4. The standard InChI is InChI=1S/C66H45N3.C64H43N3/c1-4-14-46(15-5-1)49-24-32-54(33-25-49)67(55-34-26-50(27-35-55)47-16-6-2-7-17-47)56-38-40-58(41-39-56)69-64-23-13-11-21-60(64)62-45-53(31-43-66(62)69)52-30-42-65-61(44-52)59-20-10-12-22-63(59)68(65)57-36-28-51(29-37-57)48-18-8-3-9-19-48;1-3-14-44(15-4-1)46-26-32-51(33-27-46)65(52-34-28-47(29-35-52)45-16-5-2-6-17-45)53-36-38-54(39-37-53)66-61-23-11-9-21-56(61)58-42-49(30-40-63(58)66)50-31-41-64-59(43-50)57-22-10-12-24-62(57)67(64)60-25-13-19-48-18-7-8-20-55(48)60/h1-45H;1-43H. The summed E-state index contributed by atoms with van der Waals surface area (Å²) in [6.45, 7) is 0. The minimum atomic E-state index is 1.09. The molecule has 136 heavy (non-hydrogen) atoms. The topological polar surface area (TPSA) is 26.2 Å². The largest absolute Gasteiger partial charge is 0.311 e. The molecule has 0 saturated heterocycles. The Bertz CT molecular complexity index is 8760. The molecule has 0 unspecified atom stereocenters. The van der Waals surface area contributed by atoms with Crippen LogP contribution in [0, 0.1) is 0 Å². The number of aromatic nitrogens is 4. The van der Waals surface area contributed by atoms with Crippen molar-refractivity contribution in [1.29, 1.82) is 0 Å². The highest BCUT2D eigenvalue weighted by Gasteiger charge is 2.24. The first kappa shape index (κ1) is 80.0. The fourth-order valence-corrected chi connectivity index (χ4v) is 20.7. The fraction of sp³-hybridized carbons (Fsp3) is 0. The average Bonchev–Trinajstić information content (AvgIpc) is 1.59. The van der Waals surface area contributed by atoms with Crippen LogP contribution in [0.5, 0.6) is 0 Å². The first-order valence-corrected chi connectivity index (χ1v) is 46.7. The molecule has 638 valence electrons. The maximum absolute atomic E-state index is 2.43. The van der Waals surface area contributed by atoms with E-state index < -0.39 is 0 Å². The number of benzene rings is 22. The molecule has 0 saturated carbocycles. The van der Waals surface area contributed by atoms with Crippen LogP contribution < -0.4 is 9.80 Å². The number of nitrogens with zero attached hydrogens (tertiary/aromatic N) is 6. The van der Waals surface area contributed by atoms with Crippen molar-refractivity contribution < 1.29 is 0 Å². The zero-order valence-electron chi connectivity index (χ0n) is 74.5. The van der Waals surface area contributed by atoms with E-state index in [0.717, 1.165) is 51.2 Å².